The van der Waals surface area contributed by atoms with E-state index in [2.05, 4.69) is 5.32 Å². The van der Waals surface area contributed by atoms with Crippen LogP contribution in [0, 0.1) is 0 Å². The fourth-order valence-corrected chi connectivity index (χ4v) is 4.34. The van der Waals surface area contributed by atoms with Crippen LogP contribution in [0.25, 0.3) is 10.1 Å². The second-order valence-corrected chi connectivity index (χ2v) is 7.76. The van der Waals surface area contributed by atoms with Gasteiger partial charge >= 0.3 is 5.97 Å². The molecule has 4 nitrogen and oxygen atoms in total. The van der Waals surface area contributed by atoms with E-state index in [0.29, 0.717) is 15.6 Å². The third-order valence-electron chi connectivity index (χ3n) is 3.74. The number of anilines is 1. The number of thiophene rings is 1. The van der Waals surface area contributed by atoms with E-state index < -0.39 is 18.0 Å². The summed E-state index contributed by atoms with van der Waals surface area (Å²) < 4.78 is 6.22. The molecule has 1 heterocycles. The first kappa shape index (κ1) is 18.8. The highest BCUT2D eigenvalue weighted by atomic mass is 35.5. The van der Waals surface area contributed by atoms with Crippen molar-refractivity contribution in [1.29, 1.82) is 0 Å². The minimum atomic E-state index is -0.946. The normalized spacial score (nSPS) is 12.0. The Morgan fingerprint density at radius 1 is 1.15 bits per heavy atom. The van der Waals surface area contributed by atoms with Gasteiger partial charge in [-0.1, -0.05) is 41.9 Å². The summed E-state index contributed by atoms with van der Waals surface area (Å²) in [5, 5.41) is 3.95. The quantitative estimate of drug-likeness (QED) is 0.452. The van der Waals surface area contributed by atoms with E-state index in [4.69, 9.17) is 16.3 Å². The SMILES string of the molecule is CSc1ccccc1NC(=O)[C@@H](C)OC(=O)c1sc2ccccc2c1Cl. The Morgan fingerprint density at radius 3 is 2.58 bits per heavy atom. The van der Waals surface area contributed by atoms with Gasteiger partial charge in [-0.2, -0.15) is 0 Å². The maximum Gasteiger partial charge on any atom is 0.350 e. The summed E-state index contributed by atoms with van der Waals surface area (Å²) in [7, 11) is 0. The smallest absolute Gasteiger partial charge is 0.350 e. The molecule has 0 bridgehead atoms. The van der Waals surface area contributed by atoms with Gasteiger partial charge in [-0.05, 0) is 31.4 Å². The van der Waals surface area contributed by atoms with Crippen molar-refractivity contribution < 1.29 is 14.3 Å². The predicted molar refractivity (Wildman–Crippen MR) is 109 cm³/mol. The number of ether oxygens (including phenoxy) is 1. The second kappa shape index (κ2) is 8.12. The lowest BCUT2D eigenvalue weighted by Gasteiger charge is -2.14. The monoisotopic (exact) mass is 405 g/mol. The lowest BCUT2D eigenvalue weighted by molar-refractivity contribution is -0.123. The lowest BCUT2D eigenvalue weighted by atomic mass is 10.2. The van der Waals surface area contributed by atoms with Crippen LogP contribution in [-0.2, 0) is 9.53 Å². The van der Waals surface area contributed by atoms with Crippen LogP contribution in [0.1, 0.15) is 16.6 Å². The molecular formula is C19H16ClNO3S2. The summed E-state index contributed by atoms with van der Waals surface area (Å²) in [4.78, 5) is 26.1. The topological polar surface area (TPSA) is 55.4 Å². The minimum Gasteiger partial charge on any atom is -0.448 e. The van der Waals surface area contributed by atoms with Crippen LogP contribution < -0.4 is 5.32 Å². The number of amides is 1. The summed E-state index contributed by atoms with van der Waals surface area (Å²) in [5.74, 6) is -0.992. The molecule has 3 rings (SSSR count). The first-order valence-electron chi connectivity index (χ1n) is 7.83. The number of para-hydroxylation sites is 1. The molecule has 2 aromatic carbocycles. The Morgan fingerprint density at radius 2 is 1.85 bits per heavy atom. The number of carbonyl (C=O) groups excluding carboxylic acids is 2. The van der Waals surface area contributed by atoms with E-state index in [1.165, 1.54) is 30.0 Å². The van der Waals surface area contributed by atoms with Gasteiger partial charge in [0.25, 0.3) is 5.91 Å². The van der Waals surface area contributed by atoms with Crippen molar-refractivity contribution >= 4 is 62.3 Å². The highest BCUT2D eigenvalue weighted by Gasteiger charge is 2.24. The van der Waals surface area contributed by atoms with E-state index in [-0.39, 0.29) is 0 Å². The third-order valence-corrected chi connectivity index (χ3v) is 6.19. The van der Waals surface area contributed by atoms with Crippen LogP contribution in [0.5, 0.6) is 0 Å². The van der Waals surface area contributed by atoms with Crippen LogP contribution >= 0.6 is 34.7 Å². The molecule has 1 amide bonds. The minimum absolute atomic E-state index is 0.303. The van der Waals surface area contributed by atoms with Gasteiger partial charge in [-0.15, -0.1) is 23.1 Å². The standard InChI is InChI=1S/C19H16ClNO3S2/c1-11(18(22)21-13-8-4-6-10-15(13)25-2)24-19(23)17-16(20)12-7-3-5-9-14(12)26-17/h3-11H,1-2H3,(H,21,22)/t11-/m1/s1. The molecule has 134 valence electrons. The molecule has 0 aliphatic heterocycles. The van der Waals surface area contributed by atoms with Gasteiger partial charge in [0.2, 0.25) is 0 Å². The van der Waals surface area contributed by atoms with Gasteiger partial charge < -0.3 is 10.1 Å². The van der Waals surface area contributed by atoms with Gasteiger partial charge in [-0.25, -0.2) is 4.79 Å². The van der Waals surface area contributed by atoms with Crippen molar-refractivity contribution in [3.8, 4) is 0 Å². The first-order valence-corrected chi connectivity index (χ1v) is 10.2. The van der Waals surface area contributed by atoms with Gasteiger partial charge in [0.15, 0.2) is 6.10 Å². The molecule has 0 saturated carbocycles. The van der Waals surface area contributed by atoms with E-state index in [1.54, 1.807) is 6.07 Å². The molecule has 26 heavy (non-hydrogen) atoms. The van der Waals surface area contributed by atoms with Crippen LogP contribution in [0.4, 0.5) is 5.69 Å². The summed E-state index contributed by atoms with van der Waals surface area (Å²) in [6, 6.07) is 14.9. The molecular weight excluding hydrogens is 390 g/mol. The zero-order valence-electron chi connectivity index (χ0n) is 14.1. The van der Waals surface area contributed by atoms with Gasteiger partial charge in [0.05, 0.1) is 10.7 Å². The van der Waals surface area contributed by atoms with Crippen molar-refractivity contribution in [3.63, 3.8) is 0 Å². The zero-order valence-corrected chi connectivity index (χ0v) is 16.5. The maximum absolute atomic E-state index is 12.4. The molecule has 0 unspecified atom stereocenters. The number of thioether (sulfide) groups is 1. The molecule has 1 N–H and O–H groups in total. The van der Waals surface area contributed by atoms with E-state index >= 15 is 0 Å². The highest BCUT2D eigenvalue weighted by Crippen LogP contribution is 2.35. The molecule has 7 heteroatoms. The fraction of sp³-hybridized carbons (Fsp3) is 0.158. The molecule has 0 aliphatic carbocycles. The van der Waals surface area contributed by atoms with Crippen molar-refractivity contribution in [2.24, 2.45) is 0 Å². The van der Waals surface area contributed by atoms with Crippen LogP contribution in [0.15, 0.2) is 53.4 Å². The molecule has 0 aliphatic rings. The van der Waals surface area contributed by atoms with E-state index in [9.17, 15) is 9.59 Å². The lowest BCUT2D eigenvalue weighted by Crippen LogP contribution is -2.30. The Labute approximate surface area is 164 Å². The molecule has 0 saturated heterocycles. The number of halogens is 1. The average molecular weight is 406 g/mol. The molecule has 0 radical (unpaired) electrons. The molecule has 1 aromatic heterocycles. The van der Waals surface area contributed by atoms with Crippen molar-refractivity contribution in [3.05, 3.63) is 58.4 Å². The Bertz CT molecular complexity index is 970. The highest BCUT2D eigenvalue weighted by molar-refractivity contribution is 7.98. The maximum atomic E-state index is 12.4. The Hall–Kier alpha value is -2.02. The van der Waals surface area contributed by atoms with Crippen molar-refractivity contribution in [2.45, 2.75) is 17.9 Å². The first-order chi connectivity index (χ1) is 12.5. The number of fused-ring (bicyclic) bond motifs is 1. The van der Waals surface area contributed by atoms with E-state index in [0.717, 1.165) is 15.0 Å². The summed E-state index contributed by atoms with van der Waals surface area (Å²) in [6.45, 7) is 1.54. The van der Waals surface area contributed by atoms with Gasteiger partial charge in [-0.3, -0.25) is 4.79 Å². The van der Waals surface area contributed by atoms with Crippen LogP contribution in [0.2, 0.25) is 5.02 Å². The number of rotatable bonds is 5. The number of hydrogen-bond acceptors (Lipinski definition) is 5. The van der Waals surface area contributed by atoms with Crippen LogP contribution in [0.3, 0.4) is 0 Å². The van der Waals surface area contributed by atoms with Crippen molar-refractivity contribution in [1.82, 2.24) is 0 Å². The number of benzene rings is 2. The molecule has 0 spiro atoms. The van der Waals surface area contributed by atoms with Crippen LogP contribution in [-0.4, -0.2) is 24.2 Å². The number of carbonyl (C=O) groups is 2. The Balaban J connectivity index is 1.72. The fourth-order valence-electron chi connectivity index (χ4n) is 2.40. The Kier molecular flexibility index (Phi) is 5.86. The molecule has 1 atom stereocenters. The molecule has 3 aromatic rings. The largest absolute Gasteiger partial charge is 0.448 e. The molecule has 0 fully saturated rings. The summed E-state index contributed by atoms with van der Waals surface area (Å²) in [5.41, 5.74) is 0.688. The number of hydrogen-bond donors (Lipinski definition) is 1. The summed E-state index contributed by atoms with van der Waals surface area (Å²) >= 11 is 9.07. The van der Waals surface area contributed by atoms with Crippen molar-refractivity contribution in [2.75, 3.05) is 11.6 Å². The average Bonchev–Trinajstić information content (AvgIpc) is 2.99. The predicted octanol–water partition coefficient (Wildman–Crippen LogP) is 5.46. The van der Waals surface area contributed by atoms with Gasteiger partial charge in [0, 0.05) is 15.0 Å². The van der Waals surface area contributed by atoms with Gasteiger partial charge in [0.1, 0.15) is 4.88 Å². The van der Waals surface area contributed by atoms with E-state index in [1.807, 2.05) is 48.7 Å². The summed E-state index contributed by atoms with van der Waals surface area (Å²) in [6.07, 6.45) is 0.983. The zero-order chi connectivity index (χ0) is 18.7. The third kappa shape index (κ3) is 3.87. The number of nitrogens with one attached hydrogen (secondary N) is 1. The second-order valence-electron chi connectivity index (χ2n) is 5.48. The number of esters is 1.